The van der Waals surface area contributed by atoms with Crippen molar-refractivity contribution in [2.75, 3.05) is 13.7 Å². The van der Waals surface area contributed by atoms with Crippen molar-refractivity contribution in [2.24, 2.45) is 0 Å². The quantitative estimate of drug-likeness (QED) is 0.855. The molecule has 0 unspecified atom stereocenters. The molecule has 90 valence electrons. The molecule has 0 saturated carbocycles. The summed E-state index contributed by atoms with van der Waals surface area (Å²) in [6.07, 6.45) is 0. The van der Waals surface area contributed by atoms with Crippen molar-refractivity contribution in [2.45, 2.75) is 25.9 Å². The molecule has 1 rings (SSSR count). The number of likely N-dealkylation sites (N-methyl/N-ethyl adjacent to an activating group) is 1. The molecule has 0 fully saturated rings. The number of rotatable bonds is 4. The van der Waals surface area contributed by atoms with E-state index in [1.165, 1.54) is 6.07 Å². The van der Waals surface area contributed by atoms with Gasteiger partial charge in [-0.05, 0) is 38.6 Å². The first-order valence-corrected chi connectivity index (χ1v) is 5.13. The van der Waals surface area contributed by atoms with Gasteiger partial charge in [0, 0.05) is 12.1 Å². The summed E-state index contributed by atoms with van der Waals surface area (Å²) in [6, 6.07) is 3.84. The van der Waals surface area contributed by atoms with Crippen molar-refractivity contribution in [3.63, 3.8) is 0 Å². The Morgan fingerprint density at radius 2 is 1.88 bits per heavy atom. The predicted octanol–water partition coefficient (Wildman–Crippen LogP) is 2.17. The van der Waals surface area contributed by atoms with E-state index in [2.05, 4.69) is 0 Å². The molecule has 0 aliphatic rings. The normalized spacial score (nSPS) is 12.2. The first-order valence-electron chi connectivity index (χ1n) is 5.13. The van der Waals surface area contributed by atoms with Crippen LogP contribution in [0.25, 0.3) is 0 Å². The summed E-state index contributed by atoms with van der Waals surface area (Å²) in [4.78, 5) is 1.89. The topological polar surface area (TPSA) is 23.5 Å². The molecule has 0 aliphatic carbocycles. The summed E-state index contributed by atoms with van der Waals surface area (Å²) >= 11 is 0. The van der Waals surface area contributed by atoms with E-state index < -0.39 is 11.6 Å². The van der Waals surface area contributed by atoms with Crippen LogP contribution in [0.4, 0.5) is 8.78 Å². The van der Waals surface area contributed by atoms with Crippen LogP contribution in [0.15, 0.2) is 18.2 Å². The molecular weight excluding hydrogens is 212 g/mol. The molecule has 0 aliphatic heterocycles. The molecule has 0 amide bonds. The van der Waals surface area contributed by atoms with Crippen molar-refractivity contribution in [1.82, 2.24) is 4.90 Å². The molecule has 0 heterocycles. The molecule has 4 heteroatoms. The lowest BCUT2D eigenvalue weighted by molar-refractivity contribution is 0.0733. The second-order valence-electron chi connectivity index (χ2n) is 4.58. The summed E-state index contributed by atoms with van der Waals surface area (Å²) in [5, 5.41) is 9.17. The van der Waals surface area contributed by atoms with Crippen molar-refractivity contribution < 1.29 is 13.9 Å². The van der Waals surface area contributed by atoms with Crippen LogP contribution in [0.1, 0.15) is 19.4 Å². The molecule has 0 atom stereocenters. The monoisotopic (exact) mass is 229 g/mol. The van der Waals surface area contributed by atoms with Crippen molar-refractivity contribution in [1.29, 1.82) is 0 Å². The molecule has 0 radical (unpaired) electrons. The second kappa shape index (κ2) is 4.89. The average molecular weight is 229 g/mol. The summed E-state index contributed by atoms with van der Waals surface area (Å²) in [7, 11) is 1.83. The van der Waals surface area contributed by atoms with Gasteiger partial charge in [-0.3, -0.25) is 4.90 Å². The number of aliphatic hydroxyl groups excluding tert-OH is 1. The molecule has 16 heavy (non-hydrogen) atoms. The molecule has 2 nitrogen and oxygen atoms in total. The van der Waals surface area contributed by atoms with Gasteiger partial charge in [-0.25, -0.2) is 8.78 Å². The highest BCUT2D eigenvalue weighted by molar-refractivity contribution is 5.17. The van der Waals surface area contributed by atoms with E-state index in [9.17, 15) is 8.78 Å². The Bertz CT molecular complexity index is 366. The molecule has 0 aromatic heterocycles. The minimum Gasteiger partial charge on any atom is -0.394 e. The lowest BCUT2D eigenvalue weighted by Crippen LogP contribution is -2.43. The first kappa shape index (κ1) is 13.1. The van der Waals surface area contributed by atoms with Gasteiger partial charge in [0.2, 0.25) is 0 Å². The van der Waals surface area contributed by atoms with Crippen LogP contribution in [0.2, 0.25) is 0 Å². The van der Waals surface area contributed by atoms with Crippen LogP contribution in [-0.2, 0) is 6.54 Å². The molecule has 1 aromatic rings. The maximum atomic E-state index is 13.0. The molecule has 1 N–H and O–H groups in total. The lowest BCUT2D eigenvalue weighted by Gasteiger charge is -2.33. The van der Waals surface area contributed by atoms with Crippen LogP contribution in [0, 0.1) is 11.6 Å². The summed E-state index contributed by atoms with van der Waals surface area (Å²) in [5.74, 6) is -1.68. The third-order valence-corrected chi connectivity index (χ3v) is 2.82. The largest absolute Gasteiger partial charge is 0.394 e. The molecule has 0 spiro atoms. The SMILES string of the molecule is CN(Cc1ccc(F)c(F)c1)C(C)(C)CO. The zero-order chi connectivity index (χ0) is 12.3. The zero-order valence-corrected chi connectivity index (χ0v) is 9.80. The maximum Gasteiger partial charge on any atom is 0.159 e. The fraction of sp³-hybridized carbons (Fsp3) is 0.500. The van der Waals surface area contributed by atoms with Crippen molar-refractivity contribution in [3.8, 4) is 0 Å². The van der Waals surface area contributed by atoms with Gasteiger partial charge < -0.3 is 5.11 Å². The highest BCUT2D eigenvalue weighted by Gasteiger charge is 2.22. The summed E-state index contributed by atoms with van der Waals surface area (Å²) in [6.45, 7) is 4.23. The Balaban J connectivity index is 2.77. The molecule has 0 saturated heterocycles. The number of hydrogen-bond acceptors (Lipinski definition) is 2. The highest BCUT2D eigenvalue weighted by Crippen LogP contribution is 2.16. The number of halogens is 2. The maximum absolute atomic E-state index is 13.0. The predicted molar refractivity (Wildman–Crippen MR) is 59.0 cm³/mol. The van der Waals surface area contributed by atoms with Gasteiger partial charge in [0.05, 0.1) is 6.61 Å². The van der Waals surface area contributed by atoms with Crippen LogP contribution < -0.4 is 0 Å². The fourth-order valence-corrected chi connectivity index (χ4v) is 1.25. The Hall–Kier alpha value is -1.00. The number of hydrogen-bond donors (Lipinski definition) is 1. The zero-order valence-electron chi connectivity index (χ0n) is 9.80. The van der Waals surface area contributed by atoms with E-state index in [0.29, 0.717) is 12.1 Å². The third-order valence-electron chi connectivity index (χ3n) is 2.82. The van der Waals surface area contributed by atoms with Crippen molar-refractivity contribution >= 4 is 0 Å². The van der Waals surface area contributed by atoms with Gasteiger partial charge in [-0.2, -0.15) is 0 Å². The minimum atomic E-state index is -0.840. The minimum absolute atomic E-state index is 0.00712. The Morgan fingerprint density at radius 3 is 2.38 bits per heavy atom. The smallest absolute Gasteiger partial charge is 0.159 e. The Labute approximate surface area is 94.5 Å². The van der Waals surface area contributed by atoms with E-state index >= 15 is 0 Å². The van der Waals surface area contributed by atoms with E-state index in [1.807, 2.05) is 25.8 Å². The fourth-order valence-electron chi connectivity index (χ4n) is 1.25. The molecule has 1 aromatic carbocycles. The lowest BCUT2D eigenvalue weighted by atomic mass is 10.0. The van der Waals surface area contributed by atoms with Gasteiger partial charge in [0.15, 0.2) is 11.6 Å². The Kier molecular flexibility index (Phi) is 3.99. The van der Waals surface area contributed by atoms with E-state index in [-0.39, 0.29) is 12.1 Å². The second-order valence-corrected chi connectivity index (χ2v) is 4.58. The molecular formula is C12H17F2NO. The summed E-state index contributed by atoms with van der Waals surface area (Å²) in [5.41, 5.74) is 0.299. The van der Waals surface area contributed by atoms with E-state index in [0.717, 1.165) is 6.07 Å². The highest BCUT2D eigenvalue weighted by atomic mass is 19.2. The van der Waals surface area contributed by atoms with Gasteiger partial charge >= 0.3 is 0 Å². The standard InChI is InChI=1S/C12H17F2NO/c1-12(2,8-16)15(3)7-9-4-5-10(13)11(14)6-9/h4-6,16H,7-8H2,1-3H3. The number of benzene rings is 1. The van der Waals surface area contributed by atoms with Crippen LogP contribution in [-0.4, -0.2) is 29.2 Å². The van der Waals surface area contributed by atoms with Crippen LogP contribution in [0.3, 0.4) is 0 Å². The van der Waals surface area contributed by atoms with Crippen LogP contribution >= 0.6 is 0 Å². The average Bonchev–Trinajstić information content (AvgIpc) is 2.23. The number of aliphatic hydroxyl groups is 1. The van der Waals surface area contributed by atoms with Gasteiger partial charge in [-0.15, -0.1) is 0 Å². The summed E-state index contributed by atoms with van der Waals surface area (Å²) < 4.78 is 25.7. The molecule has 0 bridgehead atoms. The van der Waals surface area contributed by atoms with Crippen molar-refractivity contribution in [3.05, 3.63) is 35.4 Å². The number of nitrogens with zero attached hydrogens (tertiary/aromatic N) is 1. The van der Waals surface area contributed by atoms with Crippen LogP contribution in [0.5, 0.6) is 0 Å². The van der Waals surface area contributed by atoms with E-state index in [4.69, 9.17) is 5.11 Å². The third kappa shape index (κ3) is 3.00. The van der Waals surface area contributed by atoms with E-state index in [1.54, 1.807) is 6.07 Å². The van der Waals surface area contributed by atoms with Gasteiger partial charge in [-0.1, -0.05) is 6.07 Å². The van der Waals surface area contributed by atoms with Gasteiger partial charge in [0.25, 0.3) is 0 Å². The Morgan fingerprint density at radius 1 is 1.25 bits per heavy atom. The first-order chi connectivity index (χ1) is 7.36. The van der Waals surface area contributed by atoms with Gasteiger partial charge in [0.1, 0.15) is 0 Å².